The number of rotatable bonds is 4. The van der Waals surface area contributed by atoms with Gasteiger partial charge in [-0.1, -0.05) is 30.3 Å². The van der Waals surface area contributed by atoms with Crippen LogP contribution in [0.5, 0.6) is 0 Å². The number of H-pyrrole nitrogens is 1. The van der Waals surface area contributed by atoms with Gasteiger partial charge in [0.2, 0.25) is 5.95 Å². The summed E-state index contributed by atoms with van der Waals surface area (Å²) in [6, 6.07) is 17.9. The van der Waals surface area contributed by atoms with Gasteiger partial charge in [-0.15, -0.1) is 0 Å². The zero-order valence-corrected chi connectivity index (χ0v) is 18.3. The molecule has 8 heteroatoms. The van der Waals surface area contributed by atoms with Crippen molar-refractivity contribution in [3.8, 4) is 0 Å². The average Bonchev–Trinajstić information content (AvgIpc) is 3.52. The molecule has 2 aliphatic heterocycles. The van der Waals surface area contributed by atoms with E-state index in [1.807, 2.05) is 61.5 Å². The molecule has 0 amide bonds. The number of carbonyl (C=O) groups is 1. The third-order valence-electron chi connectivity index (χ3n) is 6.19. The molecule has 0 radical (unpaired) electrons. The van der Waals surface area contributed by atoms with Crippen molar-refractivity contribution in [2.45, 2.75) is 31.9 Å². The Balaban J connectivity index is 1.38. The molecule has 4 heterocycles. The lowest BCUT2D eigenvalue weighted by Crippen LogP contribution is -2.23. The summed E-state index contributed by atoms with van der Waals surface area (Å²) in [7, 11) is 0. The second-order valence-corrected chi connectivity index (χ2v) is 8.77. The number of aromatic amines is 1. The predicted octanol–water partition coefficient (Wildman–Crippen LogP) is 4.99. The van der Waals surface area contributed by atoms with Crippen LogP contribution in [0, 0.1) is 0 Å². The van der Waals surface area contributed by atoms with Crippen LogP contribution < -0.4 is 10.4 Å². The van der Waals surface area contributed by atoms with E-state index in [0.29, 0.717) is 29.6 Å². The number of cyclic esters (lactones) is 1. The van der Waals surface area contributed by atoms with E-state index in [-0.39, 0.29) is 12.0 Å². The van der Waals surface area contributed by atoms with Gasteiger partial charge in [0.25, 0.3) is 0 Å². The second-order valence-electron chi connectivity index (χ2n) is 8.77. The summed E-state index contributed by atoms with van der Waals surface area (Å²) in [5.74, 6) is 0.839. The van der Waals surface area contributed by atoms with Gasteiger partial charge < -0.3 is 15.0 Å². The van der Waals surface area contributed by atoms with E-state index in [0.717, 1.165) is 23.1 Å². The van der Waals surface area contributed by atoms with Gasteiger partial charge in [-0.25, -0.2) is 9.86 Å². The van der Waals surface area contributed by atoms with Crippen LogP contribution in [0.3, 0.4) is 0 Å². The summed E-state index contributed by atoms with van der Waals surface area (Å²) < 4.78 is 5.49. The minimum absolute atomic E-state index is 0.0657. The SMILES string of the molecule is CC1(C)OC(=O)c2ccc(Nc3nc(N4OCC[C@H]4c4ccccc4)c4cc[nH]c4n3)cc21. The summed E-state index contributed by atoms with van der Waals surface area (Å²) >= 11 is 0. The van der Waals surface area contributed by atoms with Gasteiger partial charge in [-0.3, -0.25) is 4.84 Å². The van der Waals surface area contributed by atoms with Crippen LogP contribution >= 0.6 is 0 Å². The molecule has 4 aromatic rings. The highest BCUT2D eigenvalue weighted by molar-refractivity contribution is 5.95. The van der Waals surface area contributed by atoms with Crippen LogP contribution in [0.1, 0.15) is 47.8 Å². The van der Waals surface area contributed by atoms with E-state index in [1.54, 1.807) is 6.07 Å². The number of benzene rings is 2. The molecular formula is C25H23N5O3. The number of aromatic nitrogens is 3. The molecule has 2 aliphatic rings. The van der Waals surface area contributed by atoms with E-state index < -0.39 is 5.60 Å². The maximum atomic E-state index is 12.1. The van der Waals surface area contributed by atoms with Gasteiger partial charge in [-0.05, 0) is 43.7 Å². The molecule has 0 aliphatic carbocycles. The Kier molecular flexibility index (Phi) is 4.38. The standard InChI is InChI=1S/C25H23N5O3/c1-25(2)19-14-16(8-9-17(19)23(31)33-25)27-24-28-21-18(10-12-26-21)22(29-24)30-20(11-13-32-30)15-6-4-3-5-7-15/h3-10,12,14,20H,11,13H2,1-2H3,(H2,26,27,28,29)/t20-/m0/s1. The lowest BCUT2D eigenvalue weighted by atomic mass is 9.95. The first-order valence-corrected chi connectivity index (χ1v) is 11.0. The number of hydrogen-bond donors (Lipinski definition) is 2. The normalized spacial score (nSPS) is 19.0. The van der Waals surface area contributed by atoms with E-state index in [2.05, 4.69) is 27.4 Å². The van der Waals surface area contributed by atoms with Crippen molar-refractivity contribution in [2.75, 3.05) is 17.0 Å². The Hall–Kier alpha value is -3.91. The lowest BCUT2D eigenvalue weighted by molar-refractivity contribution is 0.00955. The van der Waals surface area contributed by atoms with Gasteiger partial charge in [0.15, 0.2) is 5.82 Å². The highest BCUT2D eigenvalue weighted by atomic mass is 16.7. The van der Waals surface area contributed by atoms with Crippen molar-refractivity contribution < 1.29 is 14.4 Å². The molecule has 166 valence electrons. The molecule has 6 rings (SSSR count). The Morgan fingerprint density at radius 2 is 1.97 bits per heavy atom. The molecule has 2 N–H and O–H groups in total. The second kappa shape index (κ2) is 7.31. The largest absolute Gasteiger partial charge is 0.451 e. The van der Waals surface area contributed by atoms with Gasteiger partial charge in [0, 0.05) is 23.9 Å². The number of nitrogens with zero attached hydrogens (tertiary/aromatic N) is 3. The fourth-order valence-corrected chi connectivity index (χ4v) is 4.57. The van der Waals surface area contributed by atoms with E-state index >= 15 is 0 Å². The number of esters is 1. The number of hydrogen-bond acceptors (Lipinski definition) is 7. The minimum atomic E-state index is -0.675. The van der Waals surface area contributed by atoms with Crippen LogP contribution in [0.4, 0.5) is 17.5 Å². The molecule has 0 spiro atoms. The number of fused-ring (bicyclic) bond motifs is 2. The smallest absolute Gasteiger partial charge is 0.339 e. The Labute approximate surface area is 190 Å². The Morgan fingerprint density at radius 3 is 2.82 bits per heavy atom. The van der Waals surface area contributed by atoms with Gasteiger partial charge in [0.05, 0.1) is 23.6 Å². The van der Waals surface area contributed by atoms with Crippen molar-refractivity contribution in [3.05, 3.63) is 77.5 Å². The third-order valence-corrected chi connectivity index (χ3v) is 6.19. The van der Waals surface area contributed by atoms with Crippen molar-refractivity contribution in [3.63, 3.8) is 0 Å². The third kappa shape index (κ3) is 3.30. The van der Waals surface area contributed by atoms with Crippen LogP contribution in [-0.2, 0) is 15.2 Å². The maximum Gasteiger partial charge on any atom is 0.339 e. The summed E-state index contributed by atoms with van der Waals surface area (Å²) in [6.07, 6.45) is 2.72. The first-order chi connectivity index (χ1) is 16.0. The van der Waals surface area contributed by atoms with Crippen molar-refractivity contribution in [1.82, 2.24) is 15.0 Å². The molecular weight excluding hydrogens is 418 g/mol. The van der Waals surface area contributed by atoms with E-state index in [9.17, 15) is 4.79 Å². The van der Waals surface area contributed by atoms with E-state index in [4.69, 9.17) is 14.6 Å². The predicted molar refractivity (Wildman–Crippen MR) is 124 cm³/mol. The number of anilines is 3. The van der Waals surface area contributed by atoms with Crippen LogP contribution in [0.15, 0.2) is 60.8 Å². The summed E-state index contributed by atoms with van der Waals surface area (Å²) in [4.78, 5) is 30.8. The molecule has 1 fully saturated rings. The molecule has 0 unspecified atom stereocenters. The molecule has 8 nitrogen and oxygen atoms in total. The topological polar surface area (TPSA) is 92.4 Å². The van der Waals surface area contributed by atoms with Gasteiger partial charge >= 0.3 is 5.97 Å². The minimum Gasteiger partial charge on any atom is -0.451 e. The molecule has 2 aromatic heterocycles. The zero-order chi connectivity index (χ0) is 22.6. The summed E-state index contributed by atoms with van der Waals surface area (Å²) in [5.41, 5.74) is 3.42. The number of nitrogens with one attached hydrogen (secondary N) is 2. The van der Waals surface area contributed by atoms with Gasteiger partial charge in [0.1, 0.15) is 11.2 Å². The van der Waals surface area contributed by atoms with Crippen LogP contribution in [-0.4, -0.2) is 27.5 Å². The Morgan fingerprint density at radius 1 is 1.12 bits per heavy atom. The van der Waals surface area contributed by atoms with Crippen molar-refractivity contribution >= 4 is 34.5 Å². The van der Waals surface area contributed by atoms with Crippen molar-refractivity contribution in [1.29, 1.82) is 0 Å². The number of carbonyl (C=O) groups excluding carboxylic acids is 1. The molecule has 0 bridgehead atoms. The first kappa shape index (κ1) is 19.8. The molecule has 1 atom stereocenters. The first-order valence-electron chi connectivity index (χ1n) is 11.0. The highest BCUT2D eigenvalue weighted by Crippen LogP contribution is 2.39. The van der Waals surface area contributed by atoms with Gasteiger partial charge in [-0.2, -0.15) is 9.97 Å². The fourth-order valence-electron chi connectivity index (χ4n) is 4.57. The number of hydroxylamine groups is 1. The molecule has 1 saturated heterocycles. The number of ether oxygens (including phenoxy) is 1. The molecule has 33 heavy (non-hydrogen) atoms. The summed E-state index contributed by atoms with van der Waals surface area (Å²) in [5, 5.41) is 6.07. The fraction of sp³-hybridized carbons (Fsp3) is 0.240. The Bertz CT molecular complexity index is 1370. The van der Waals surface area contributed by atoms with E-state index in [1.165, 1.54) is 5.56 Å². The van der Waals surface area contributed by atoms with Crippen LogP contribution in [0.2, 0.25) is 0 Å². The van der Waals surface area contributed by atoms with Crippen LogP contribution in [0.25, 0.3) is 11.0 Å². The molecule has 0 saturated carbocycles. The average molecular weight is 441 g/mol. The quantitative estimate of drug-likeness (QED) is 0.431. The maximum absolute atomic E-state index is 12.1. The van der Waals surface area contributed by atoms with Crippen molar-refractivity contribution in [2.24, 2.45) is 0 Å². The lowest BCUT2D eigenvalue weighted by Gasteiger charge is -2.24. The zero-order valence-electron chi connectivity index (χ0n) is 18.3. The highest BCUT2D eigenvalue weighted by Gasteiger charge is 2.38. The molecule has 2 aromatic carbocycles. The monoisotopic (exact) mass is 441 g/mol. The summed E-state index contributed by atoms with van der Waals surface area (Å²) in [6.45, 7) is 4.38.